The zero-order chi connectivity index (χ0) is 14.5. The van der Waals surface area contributed by atoms with Crippen molar-refractivity contribution in [3.8, 4) is 9.88 Å². The monoisotopic (exact) mass is 321 g/mol. The normalized spacial score (nSPS) is 18.6. The lowest BCUT2D eigenvalue weighted by Gasteiger charge is -2.22. The van der Waals surface area contributed by atoms with Crippen LogP contribution < -0.4 is 10.6 Å². The number of hydrogen-bond donors (Lipinski definition) is 2. The lowest BCUT2D eigenvalue weighted by atomic mass is 9.96. The zero-order valence-electron chi connectivity index (χ0n) is 11.8. The Balaban J connectivity index is 1.49. The molecule has 3 rings (SSSR count). The molecule has 2 aromatic rings. The first-order valence-corrected chi connectivity index (χ1v) is 9.07. The highest BCUT2D eigenvalue weighted by molar-refractivity contribution is 7.20. The molecular formula is C15H19N3OS2. The fourth-order valence-corrected chi connectivity index (χ4v) is 4.16. The van der Waals surface area contributed by atoms with Crippen LogP contribution in [0.4, 0.5) is 0 Å². The van der Waals surface area contributed by atoms with Gasteiger partial charge in [0.2, 0.25) is 0 Å². The highest BCUT2D eigenvalue weighted by atomic mass is 32.1. The Morgan fingerprint density at radius 1 is 1.48 bits per heavy atom. The number of carbonyl (C=O) groups is 1. The van der Waals surface area contributed by atoms with Crippen molar-refractivity contribution in [2.24, 2.45) is 5.92 Å². The lowest BCUT2D eigenvalue weighted by Crippen LogP contribution is -2.33. The number of nitrogens with one attached hydrogen (secondary N) is 2. The van der Waals surface area contributed by atoms with Crippen LogP contribution in [0.2, 0.25) is 0 Å². The molecule has 6 heteroatoms. The summed E-state index contributed by atoms with van der Waals surface area (Å²) in [5.41, 5.74) is 0.533. The first kappa shape index (κ1) is 14.7. The minimum atomic E-state index is -0.0576. The van der Waals surface area contributed by atoms with Gasteiger partial charge in [-0.25, -0.2) is 4.98 Å². The average Bonchev–Trinajstić information content (AvgIpc) is 3.19. The van der Waals surface area contributed by atoms with Gasteiger partial charge in [-0.15, -0.1) is 22.7 Å². The third-order valence-electron chi connectivity index (χ3n) is 3.71. The summed E-state index contributed by atoms with van der Waals surface area (Å²) in [7, 11) is 0. The zero-order valence-corrected chi connectivity index (χ0v) is 13.4. The maximum atomic E-state index is 12.1. The Labute approximate surface area is 132 Å². The topological polar surface area (TPSA) is 54.0 Å². The highest BCUT2D eigenvalue weighted by Gasteiger charge is 2.15. The van der Waals surface area contributed by atoms with Crippen LogP contribution in [0.5, 0.6) is 0 Å². The molecule has 1 unspecified atom stereocenters. The summed E-state index contributed by atoms with van der Waals surface area (Å²) >= 11 is 3.17. The minimum absolute atomic E-state index is 0.0576. The van der Waals surface area contributed by atoms with E-state index in [1.54, 1.807) is 11.3 Å². The van der Waals surface area contributed by atoms with Crippen molar-refractivity contribution in [1.29, 1.82) is 0 Å². The van der Waals surface area contributed by atoms with Crippen LogP contribution in [-0.4, -0.2) is 30.5 Å². The smallest absolute Gasteiger partial charge is 0.270 e. The summed E-state index contributed by atoms with van der Waals surface area (Å²) in [6.07, 6.45) is 3.55. The molecule has 112 valence electrons. The molecule has 0 bridgehead atoms. The van der Waals surface area contributed by atoms with Crippen molar-refractivity contribution >= 4 is 28.6 Å². The molecule has 21 heavy (non-hydrogen) atoms. The van der Waals surface area contributed by atoms with Crippen LogP contribution in [0.15, 0.2) is 22.9 Å². The van der Waals surface area contributed by atoms with E-state index in [4.69, 9.17) is 0 Å². The van der Waals surface area contributed by atoms with Gasteiger partial charge in [0.15, 0.2) is 0 Å². The molecule has 2 N–H and O–H groups in total. The number of nitrogens with zero attached hydrogens (tertiary/aromatic N) is 1. The molecule has 4 nitrogen and oxygen atoms in total. The number of thiophene rings is 1. The highest BCUT2D eigenvalue weighted by Crippen LogP contribution is 2.27. The SMILES string of the molecule is O=C(NCCC1CCCNC1)c1csc(-c2cccs2)n1. The molecule has 0 aromatic carbocycles. The number of hydrogen-bond acceptors (Lipinski definition) is 5. The second-order valence-corrected chi connectivity index (χ2v) is 7.08. The number of aromatic nitrogens is 1. The Kier molecular flexibility index (Phi) is 5.00. The van der Waals surface area contributed by atoms with E-state index in [0.717, 1.165) is 35.9 Å². The van der Waals surface area contributed by atoms with Gasteiger partial charge in [-0.05, 0) is 49.7 Å². The molecule has 0 aliphatic carbocycles. The molecule has 0 radical (unpaired) electrons. The Morgan fingerprint density at radius 3 is 3.19 bits per heavy atom. The predicted octanol–water partition coefficient (Wildman–Crippen LogP) is 2.99. The summed E-state index contributed by atoms with van der Waals surface area (Å²) in [6.45, 7) is 2.94. The van der Waals surface area contributed by atoms with Gasteiger partial charge >= 0.3 is 0 Å². The van der Waals surface area contributed by atoms with E-state index >= 15 is 0 Å². The maximum Gasteiger partial charge on any atom is 0.270 e. The Hall–Kier alpha value is -1.24. The fourth-order valence-electron chi connectivity index (χ4n) is 2.54. The summed E-state index contributed by atoms with van der Waals surface area (Å²) < 4.78 is 0. The predicted molar refractivity (Wildman–Crippen MR) is 88.0 cm³/mol. The van der Waals surface area contributed by atoms with Crippen molar-refractivity contribution in [2.45, 2.75) is 19.3 Å². The van der Waals surface area contributed by atoms with Crippen molar-refractivity contribution in [3.63, 3.8) is 0 Å². The molecule has 1 saturated heterocycles. The fraction of sp³-hybridized carbons (Fsp3) is 0.467. The molecule has 0 saturated carbocycles. The molecule has 1 fully saturated rings. The molecule has 1 aliphatic heterocycles. The van der Waals surface area contributed by atoms with E-state index in [0.29, 0.717) is 11.6 Å². The standard InChI is InChI=1S/C15H19N3OS2/c19-14(17-7-5-11-3-1-6-16-9-11)12-10-21-15(18-12)13-4-2-8-20-13/h2,4,8,10-11,16H,1,3,5-7,9H2,(H,17,19). The summed E-state index contributed by atoms with van der Waals surface area (Å²) in [4.78, 5) is 17.6. The van der Waals surface area contributed by atoms with Crippen molar-refractivity contribution in [3.05, 3.63) is 28.6 Å². The van der Waals surface area contributed by atoms with E-state index < -0.39 is 0 Å². The summed E-state index contributed by atoms with van der Waals surface area (Å²) in [5, 5.41) is 11.2. The third-order valence-corrected chi connectivity index (χ3v) is 5.59. The number of carbonyl (C=O) groups excluding carboxylic acids is 1. The van der Waals surface area contributed by atoms with Gasteiger partial charge in [-0.1, -0.05) is 6.07 Å². The minimum Gasteiger partial charge on any atom is -0.351 e. The van der Waals surface area contributed by atoms with Gasteiger partial charge in [0.05, 0.1) is 4.88 Å². The van der Waals surface area contributed by atoms with Crippen LogP contribution in [-0.2, 0) is 0 Å². The van der Waals surface area contributed by atoms with Crippen LogP contribution in [0, 0.1) is 5.92 Å². The molecule has 0 spiro atoms. The number of thiazole rings is 1. The quantitative estimate of drug-likeness (QED) is 0.890. The average molecular weight is 321 g/mol. The Morgan fingerprint density at radius 2 is 2.43 bits per heavy atom. The van der Waals surface area contributed by atoms with E-state index in [2.05, 4.69) is 15.6 Å². The largest absolute Gasteiger partial charge is 0.351 e. The summed E-state index contributed by atoms with van der Waals surface area (Å²) in [6, 6.07) is 4.03. The van der Waals surface area contributed by atoms with Gasteiger partial charge < -0.3 is 10.6 Å². The molecule has 2 aromatic heterocycles. The maximum absolute atomic E-state index is 12.1. The van der Waals surface area contributed by atoms with Crippen molar-refractivity contribution in [2.75, 3.05) is 19.6 Å². The molecule has 1 aliphatic rings. The van der Waals surface area contributed by atoms with Crippen molar-refractivity contribution in [1.82, 2.24) is 15.6 Å². The van der Waals surface area contributed by atoms with Crippen LogP contribution in [0.25, 0.3) is 9.88 Å². The van der Waals surface area contributed by atoms with Crippen LogP contribution >= 0.6 is 22.7 Å². The third kappa shape index (κ3) is 3.90. The molecule has 1 atom stereocenters. The first-order valence-electron chi connectivity index (χ1n) is 7.31. The van der Waals surface area contributed by atoms with Gasteiger partial charge in [0.1, 0.15) is 10.7 Å². The number of rotatable bonds is 5. The number of amides is 1. The van der Waals surface area contributed by atoms with Gasteiger partial charge in [0.25, 0.3) is 5.91 Å². The Bertz CT molecular complexity index is 574. The van der Waals surface area contributed by atoms with Gasteiger partial charge in [-0.2, -0.15) is 0 Å². The second-order valence-electron chi connectivity index (χ2n) is 5.27. The second kappa shape index (κ2) is 7.15. The van der Waals surface area contributed by atoms with Gasteiger partial charge in [0, 0.05) is 11.9 Å². The lowest BCUT2D eigenvalue weighted by molar-refractivity contribution is 0.0946. The molecule has 1 amide bonds. The van der Waals surface area contributed by atoms with Gasteiger partial charge in [-0.3, -0.25) is 4.79 Å². The van der Waals surface area contributed by atoms with Crippen LogP contribution in [0.1, 0.15) is 29.8 Å². The van der Waals surface area contributed by atoms with E-state index in [-0.39, 0.29) is 5.91 Å². The molecular weight excluding hydrogens is 302 g/mol. The van der Waals surface area contributed by atoms with E-state index in [1.165, 1.54) is 24.2 Å². The molecule has 3 heterocycles. The first-order chi connectivity index (χ1) is 10.3. The number of piperidine rings is 1. The van der Waals surface area contributed by atoms with E-state index in [1.807, 2.05) is 22.9 Å². The van der Waals surface area contributed by atoms with Crippen molar-refractivity contribution < 1.29 is 4.79 Å². The summed E-state index contributed by atoms with van der Waals surface area (Å²) in [5.74, 6) is 0.633. The van der Waals surface area contributed by atoms with Crippen LogP contribution in [0.3, 0.4) is 0 Å². The van der Waals surface area contributed by atoms with E-state index in [9.17, 15) is 4.79 Å².